The van der Waals surface area contributed by atoms with E-state index in [1.54, 1.807) is 0 Å². The Morgan fingerprint density at radius 1 is 0.394 bits per heavy atom. The maximum Gasteiger partial charge on any atom is 0.111 e. The Bertz CT molecular complexity index is 359. The van der Waals surface area contributed by atoms with Gasteiger partial charge in [0.15, 0.2) is 0 Å². The van der Waals surface area contributed by atoms with Crippen molar-refractivity contribution in [1.29, 1.82) is 0 Å². The summed E-state index contributed by atoms with van der Waals surface area (Å²) in [6, 6.07) is 0. The lowest BCUT2D eigenvalue weighted by Crippen LogP contribution is -2.15. The first kappa shape index (κ1) is 32.2. The van der Waals surface area contributed by atoms with Crippen LogP contribution in [0.1, 0.15) is 32.6 Å². The molecule has 0 unspecified atom stereocenters. The van der Waals surface area contributed by atoms with Crippen LogP contribution in [0.15, 0.2) is 12.8 Å². The lowest BCUT2D eigenvalue weighted by Gasteiger charge is -2.08. The first-order valence-corrected chi connectivity index (χ1v) is 12.3. The van der Waals surface area contributed by atoms with Crippen LogP contribution in [0.25, 0.3) is 0 Å². The van der Waals surface area contributed by atoms with Crippen LogP contribution in [0, 0.1) is 0 Å². The standard InChI is InChI=1S/C24H48O9/c1-3-5-6-7-8-26-11-12-28-15-16-30-19-20-32-23-24-33-22-21-31-18-17-29-14-13-27-10-9-25-4-2/h4H,2-3,5-24H2,1H3. The van der Waals surface area contributed by atoms with Crippen LogP contribution in [0.5, 0.6) is 0 Å². The topological polar surface area (TPSA) is 83.1 Å². The van der Waals surface area contributed by atoms with Crippen molar-refractivity contribution >= 4 is 0 Å². The third-order valence-corrected chi connectivity index (χ3v) is 4.21. The maximum absolute atomic E-state index is 5.51. The fraction of sp³-hybridized carbons (Fsp3) is 0.917. The smallest absolute Gasteiger partial charge is 0.111 e. The fourth-order valence-corrected chi connectivity index (χ4v) is 2.46. The van der Waals surface area contributed by atoms with Crippen LogP contribution < -0.4 is 0 Å². The number of hydrogen-bond acceptors (Lipinski definition) is 9. The maximum atomic E-state index is 5.51. The van der Waals surface area contributed by atoms with Crippen molar-refractivity contribution in [2.45, 2.75) is 32.6 Å². The first-order valence-electron chi connectivity index (χ1n) is 12.3. The molecule has 0 bridgehead atoms. The zero-order valence-corrected chi connectivity index (χ0v) is 20.8. The molecule has 198 valence electrons. The van der Waals surface area contributed by atoms with Crippen molar-refractivity contribution in [3.05, 3.63) is 12.8 Å². The van der Waals surface area contributed by atoms with Crippen molar-refractivity contribution in [3.63, 3.8) is 0 Å². The highest BCUT2D eigenvalue weighted by molar-refractivity contribution is 4.47. The molecule has 0 aromatic heterocycles. The Morgan fingerprint density at radius 3 is 1.00 bits per heavy atom. The average molecular weight is 481 g/mol. The zero-order chi connectivity index (χ0) is 23.9. The molecule has 0 saturated heterocycles. The van der Waals surface area contributed by atoms with E-state index in [2.05, 4.69) is 13.5 Å². The van der Waals surface area contributed by atoms with E-state index in [1.165, 1.54) is 25.5 Å². The minimum Gasteiger partial charge on any atom is -0.499 e. The van der Waals surface area contributed by atoms with Gasteiger partial charge < -0.3 is 42.6 Å². The summed E-state index contributed by atoms with van der Waals surface area (Å²) in [5.41, 5.74) is 0. The van der Waals surface area contributed by atoms with Gasteiger partial charge in [0, 0.05) is 6.61 Å². The van der Waals surface area contributed by atoms with Gasteiger partial charge >= 0.3 is 0 Å². The molecule has 0 aromatic rings. The molecule has 0 aromatic carbocycles. The van der Waals surface area contributed by atoms with Crippen LogP contribution in [0.4, 0.5) is 0 Å². The highest BCUT2D eigenvalue weighted by atomic mass is 16.6. The van der Waals surface area contributed by atoms with Gasteiger partial charge in [-0.15, -0.1) is 0 Å². The third kappa shape index (κ3) is 31.2. The molecule has 0 rings (SSSR count). The second-order valence-corrected chi connectivity index (χ2v) is 7.00. The summed E-state index contributed by atoms with van der Waals surface area (Å²) in [5, 5.41) is 0. The predicted molar refractivity (Wildman–Crippen MR) is 127 cm³/mol. The van der Waals surface area contributed by atoms with Gasteiger partial charge in [0.1, 0.15) is 6.61 Å². The highest BCUT2D eigenvalue weighted by Gasteiger charge is 1.95. The van der Waals surface area contributed by atoms with Crippen molar-refractivity contribution < 1.29 is 42.6 Å². The van der Waals surface area contributed by atoms with E-state index in [9.17, 15) is 0 Å². The molecule has 0 aliphatic rings. The lowest BCUT2D eigenvalue weighted by atomic mass is 10.2. The van der Waals surface area contributed by atoms with E-state index < -0.39 is 0 Å². The Labute approximate surface area is 200 Å². The molecular formula is C24H48O9. The van der Waals surface area contributed by atoms with Gasteiger partial charge in [-0.2, -0.15) is 0 Å². The Kier molecular flexibility index (Phi) is 30.5. The minimum atomic E-state index is 0.511. The molecule has 0 aliphatic carbocycles. The van der Waals surface area contributed by atoms with E-state index in [-0.39, 0.29) is 0 Å². The molecule has 0 radical (unpaired) electrons. The second-order valence-electron chi connectivity index (χ2n) is 7.00. The van der Waals surface area contributed by atoms with Crippen LogP contribution in [-0.4, -0.2) is 112 Å². The molecule has 0 heterocycles. The summed E-state index contributed by atoms with van der Waals surface area (Å²) in [5.74, 6) is 0. The quantitative estimate of drug-likeness (QED) is 0.114. The summed E-state index contributed by atoms with van der Waals surface area (Å²) in [7, 11) is 0. The summed E-state index contributed by atoms with van der Waals surface area (Å²) >= 11 is 0. The molecule has 0 aliphatic heterocycles. The number of rotatable bonds is 30. The monoisotopic (exact) mass is 480 g/mol. The van der Waals surface area contributed by atoms with Gasteiger partial charge in [-0.3, -0.25) is 0 Å². The van der Waals surface area contributed by atoms with E-state index >= 15 is 0 Å². The van der Waals surface area contributed by atoms with E-state index in [1.807, 2.05) is 0 Å². The minimum absolute atomic E-state index is 0.511. The molecule has 0 saturated carbocycles. The summed E-state index contributed by atoms with van der Waals surface area (Å²) in [6.07, 6.45) is 6.32. The van der Waals surface area contributed by atoms with Crippen LogP contribution >= 0.6 is 0 Å². The van der Waals surface area contributed by atoms with E-state index in [0.717, 1.165) is 13.0 Å². The second kappa shape index (κ2) is 31.2. The fourth-order valence-electron chi connectivity index (χ4n) is 2.46. The Balaban J connectivity index is 2.99. The van der Waals surface area contributed by atoms with Gasteiger partial charge in [-0.25, -0.2) is 0 Å². The largest absolute Gasteiger partial charge is 0.499 e. The van der Waals surface area contributed by atoms with Crippen molar-refractivity contribution in [3.8, 4) is 0 Å². The number of ether oxygens (including phenoxy) is 9. The molecule has 0 N–H and O–H groups in total. The van der Waals surface area contributed by atoms with Crippen LogP contribution in [0.3, 0.4) is 0 Å². The molecule has 9 nitrogen and oxygen atoms in total. The van der Waals surface area contributed by atoms with Gasteiger partial charge in [0.05, 0.1) is 105 Å². The van der Waals surface area contributed by atoms with Gasteiger partial charge in [-0.1, -0.05) is 32.8 Å². The van der Waals surface area contributed by atoms with E-state index in [0.29, 0.717) is 106 Å². The Morgan fingerprint density at radius 2 is 0.697 bits per heavy atom. The number of unbranched alkanes of at least 4 members (excludes halogenated alkanes) is 3. The molecule has 0 amide bonds. The predicted octanol–water partition coefficient (Wildman–Crippen LogP) is 2.86. The molecule has 0 fully saturated rings. The zero-order valence-electron chi connectivity index (χ0n) is 20.8. The molecule has 33 heavy (non-hydrogen) atoms. The highest BCUT2D eigenvalue weighted by Crippen LogP contribution is 1.98. The third-order valence-electron chi connectivity index (χ3n) is 4.21. The number of hydrogen-bond donors (Lipinski definition) is 0. The molecule has 0 atom stereocenters. The van der Waals surface area contributed by atoms with Gasteiger partial charge in [-0.05, 0) is 6.42 Å². The SMILES string of the molecule is C=COCCOCCOCCOCCOCCOCCOCCOCCOCCCCCC. The van der Waals surface area contributed by atoms with Crippen LogP contribution in [0.2, 0.25) is 0 Å². The van der Waals surface area contributed by atoms with Gasteiger partial charge in [0.25, 0.3) is 0 Å². The summed E-state index contributed by atoms with van der Waals surface area (Å²) < 4.78 is 48.4. The van der Waals surface area contributed by atoms with Crippen molar-refractivity contribution in [2.75, 3.05) is 112 Å². The average Bonchev–Trinajstić information content (AvgIpc) is 2.83. The van der Waals surface area contributed by atoms with Crippen LogP contribution in [-0.2, 0) is 42.6 Å². The van der Waals surface area contributed by atoms with Gasteiger partial charge in [0.2, 0.25) is 0 Å². The molecule has 0 spiro atoms. The Hall–Kier alpha value is -0.780. The normalized spacial score (nSPS) is 11.2. The summed E-state index contributed by atoms with van der Waals surface area (Å²) in [6.45, 7) is 15.3. The van der Waals surface area contributed by atoms with Crippen molar-refractivity contribution in [2.24, 2.45) is 0 Å². The first-order chi connectivity index (χ1) is 16.4. The lowest BCUT2D eigenvalue weighted by molar-refractivity contribution is -0.0239. The van der Waals surface area contributed by atoms with Crippen molar-refractivity contribution in [1.82, 2.24) is 0 Å². The van der Waals surface area contributed by atoms with E-state index in [4.69, 9.17) is 42.6 Å². The summed E-state index contributed by atoms with van der Waals surface area (Å²) in [4.78, 5) is 0. The molecule has 9 heteroatoms. The molecular weight excluding hydrogens is 432 g/mol.